The van der Waals surface area contributed by atoms with Crippen LogP contribution in [0.15, 0.2) is 24.3 Å². The van der Waals surface area contributed by atoms with E-state index < -0.39 is 11.3 Å². The molecule has 1 atom stereocenters. The van der Waals surface area contributed by atoms with Crippen molar-refractivity contribution < 1.29 is 14.3 Å². The Morgan fingerprint density at radius 1 is 1.16 bits per heavy atom. The number of aryl methyl sites for hydroxylation is 1. The molecule has 0 aromatic heterocycles. The Kier molecular flexibility index (Phi) is 4.26. The van der Waals surface area contributed by atoms with Gasteiger partial charge < -0.3 is 14.8 Å². The highest BCUT2D eigenvalue weighted by Crippen LogP contribution is 2.41. The first kappa shape index (κ1) is 16.6. The molecule has 1 aromatic carbocycles. The van der Waals surface area contributed by atoms with Gasteiger partial charge in [-0.1, -0.05) is 24.3 Å². The van der Waals surface area contributed by atoms with Crippen LogP contribution in [-0.2, 0) is 20.7 Å². The fourth-order valence-electron chi connectivity index (χ4n) is 4.46. The molecule has 1 aromatic rings. The number of carbonyl (C=O) groups excluding carboxylic acids is 1. The van der Waals surface area contributed by atoms with E-state index in [1.165, 1.54) is 5.56 Å². The summed E-state index contributed by atoms with van der Waals surface area (Å²) in [5.74, 6) is -0.689. The summed E-state index contributed by atoms with van der Waals surface area (Å²) in [6.45, 7) is 1.23. The van der Waals surface area contributed by atoms with Crippen molar-refractivity contribution in [3.8, 4) is 6.07 Å². The molecule has 2 aliphatic carbocycles. The second-order valence-corrected chi connectivity index (χ2v) is 7.43. The van der Waals surface area contributed by atoms with Crippen LogP contribution in [0.5, 0.6) is 0 Å². The number of benzene rings is 1. The molecule has 4 rings (SSSR count). The number of hydrogen-bond acceptors (Lipinski definition) is 4. The second-order valence-electron chi connectivity index (χ2n) is 7.43. The monoisotopic (exact) mass is 340 g/mol. The van der Waals surface area contributed by atoms with Gasteiger partial charge in [0.15, 0.2) is 5.79 Å². The molecule has 0 radical (unpaired) electrons. The van der Waals surface area contributed by atoms with Crippen LogP contribution < -0.4 is 5.32 Å². The van der Waals surface area contributed by atoms with E-state index in [1.807, 2.05) is 18.2 Å². The van der Waals surface area contributed by atoms with Crippen molar-refractivity contribution in [3.63, 3.8) is 0 Å². The molecule has 1 N–H and O–H groups in total. The van der Waals surface area contributed by atoms with E-state index in [1.54, 1.807) is 0 Å². The molecule has 0 unspecified atom stereocenters. The number of carbonyl (C=O) groups is 1. The average molecular weight is 340 g/mol. The van der Waals surface area contributed by atoms with Crippen LogP contribution >= 0.6 is 0 Å². The lowest BCUT2D eigenvalue weighted by Crippen LogP contribution is -2.54. The Morgan fingerprint density at radius 3 is 2.60 bits per heavy atom. The summed E-state index contributed by atoms with van der Waals surface area (Å²) in [5.41, 5.74) is 1.58. The summed E-state index contributed by atoms with van der Waals surface area (Å²) in [4.78, 5) is 13.0. The molecule has 2 fully saturated rings. The number of hydrogen-bond donors (Lipinski definition) is 1. The normalized spacial score (nSPS) is 26.6. The third kappa shape index (κ3) is 3.05. The second kappa shape index (κ2) is 6.44. The Bertz CT molecular complexity index is 693. The van der Waals surface area contributed by atoms with Crippen LogP contribution in [0.1, 0.15) is 55.6 Å². The minimum absolute atomic E-state index is 0.0158. The number of rotatable bonds is 2. The lowest BCUT2D eigenvalue weighted by atomic mass is 9.77. The molecular weight excluding hydrogens is 316 g/mol. The number of ether oxygens (including phenoxy) is 2. The van der Waals surface area contributed by atoms with Crippen LogP contribution in [0.4, 0.5) is 0 Å². The highest BCUT2D eigenvalue weighted by molar-refractivity contribution is 5.85. The zero-order chi connectivity index (χ0) is 17.3. The van der Waals surface area contributed by atoms with Gasteiger partial charge in [0, 0.05) is 12.8 Å². The van der Waals surface area contributed by atoms with Crippen molar-refractivity contribution in [2.75, 3.05) is 13.2 Å². The van der Waals surface area contributed by atoms with E-state index in [4.69, 9.17) is 9.47 Å². The van der Waals surface area contributed by atoms with E-state index >= 15 is 0 Å². The largest absolute Gasteiger partial charge is 0.348 e. The molecule has 0 bridgehead atoms. The maximum atomic E-state index is 13.0. The maximum absolute atomic E-state index is 13.0. The highest BCUT2D eigenvalue weighted by atomic mass is 16.7. The molecule has 25 heavy (non-hydrogen) atoms. The molecule has 1 heterocycles. The topological polar surface area (TPSA) is 71.4 Å². The van der Waals surface area contributed by atoms with Gasteiger partial charge >= 0.3 is 0 Å². The van der Waals surface area contributed by atoms with Crippen LogP contribution in [-0.4, -0.2) is 30.4 Å². The third-order valence-electron chi connectivity index (χ3n) is 5.94. The smallest absolute Gasteiger partial charge is 0.228 e. The average Bonchev–Trinajstić information content (AvgIpc) is 3.12. The SMILES string of the molecule is N#CC1(NC(=O)[C@@H]2CCCc3ccccc32)CCC2(CC1)OCCO2. The van der Waals surface area contributed by atoms with E-state index in [-0.39, 0.29) is 11.8 Å². The summed E-state index contributed by atoms with van der Waals surface area (Å²) < 4.78 is 11.5. The van der Waals surface area contributed by atoms with Gasteiger partial charge in [-0.15, -0.1) is 0 Å². The lowest BCUT2D eigenvalue weighted by Gasteiger charge is -2.40. The zero-order valence-corrected chi connectivity index (χ0v) is 14.4. The molecular formula is C20H24N2O3. The first-order chi connectivity index (χ1) is 12.2. The standard InChI is InChI=1S/C20H24N2O3/c21-14-19(8-10-20(11-9-19)24-12-13-25-20)22-18(23)17-7-3-5-15-4-1-2-6-16(15)17/h1-2,4,6,17H,3,5,7-13H2,(H,22,23)/t17-/m1/s1. The maximum Gasteiger partial charge on any atom is 0.228 e. The zero-order valence-electron chi connectivity index (χ0n) is 14.4. The van der Waals surface area contributed by atoms with Gasteiger partial charge in [-0.3, -0.25) is 4.79 Å². The van der Waals surface area contributed by atoms with E-state index in [2.05, 4.69) is 17.5 Å². The van der Waals surface area contributed by atoms with Crippen LogP contribution in [0.3, 0.4) is 0 Å². The summed E-state index contributed by atoms with van der Waals surface area (Å²) in [5, 5.41) is 12.9. The van der Waals surface area contributed by atoms with Crippen molar-refractivity contribution in [3.05, 3.63) is 35.4 Å². The predicted octanol–water partition coefficient (Wildman–Crippen LogP) is 2.80. The van der Waals surface area contributed by atoms with Crippen molar-refractivity contribution in [1.29, 1.82) is 5.26 Å². The predicted molar refractivity (Wildman–Crippen MR) is 91.7 cm³/mol. The van der Waals surface area contributed by atoms with Gasteiger partial charge in [0.05, 0.1) is 25.2 Å². The summed E-state index contributed by atoms with van der Waals surface area (Å²) >= 11 is 0. The lowest BCUT2D eigenvalue weighted by molar-refractivity contribution is -0.183. The van der Waals surface area contributed by atoms with Crippen LogP contribution in [0.25, 0.3) is 0 Å². The van der Waals surface area contributed by atoms with Gasteiger partial charge in [-0.2, -0.15) is 5.26 Å². The molecule has 5 nitrogen and oxygen atoms in total. The summed E-state index contributed by atoms with van der Waals surface area (Å²) in [6.07, 6.45) is 5.35. The first-order valence-electron chi connectivity index (χ1n) is 9.24. The quantitative estimate of drug-likeness (QED) is 0.899. The first-order valence-corrected chi connectivity index (χ1v) is 9.24. The van der Waals surface area contributed by atoms with Gasteiger partial charge in [0.1, 0.15) is 5.54 Å². The summed E-state index contributed by atoms with van der Waals surface area (Å²) in [7, 11) is 0. The van der Waals surface area contributed by atoms with E-state index in [9.17, 15) is 10.1 Å². The molecule has 132 valence electrons. The molecule has 1 amide bonds. The Hall–Kier alpha value is -1.90. The Balaban J connectivity index is 1.48. The van der Waals surface area contributed by atoms with Crippen molar-refractivity contribution in [2.45, 2.75) is 62.2 Å². The van der Waals surface area contributed by atoms with E-state index in [0.717, 1.165) is 24.8 Å². The van der Waals surface area contributed by atoms with E-state index in [0.29, 0.717) is 38.9 Å². The highest BCUT2D eigenvalue weighted by Gasteiger charge is 2.47. The van der Waals surface area contributed by atoms with Gasteiger partial charge in [-0.25, -0.2) is 0 Å². The number of nitriles is 1. The Labute approximate surface area is 148 Å². The number of nitrogens with one attached hydrogen (secondary N) is 1. The Morgan fingerprint density at radius 2 is 1.88 bits per heavy atom. The molecule has 3 aliphatic rings. The van der Waals surface area contributed by atoms with Crippen molar-refractivity contribution in [2.24, 2.45) is 0 Å². The van der Waals surface area contributed by atoms with Gasteiger partial charge in [0.25, 0.3) is 0 Å². The fourth-order valence-corrected chi connectivity index (χ4v) is 4.46. The molecule has 5 heteroatoms. The van der Waals surface area contributed by atoms with Crippen molar-refractivity contribution in [1.82, 2.24) is 5.32 Å². The van der Waals surface area contributed by atoms with Gasteiger partial charge in [-0.05, 0) is 43.2 Å². The van der Waals surface area contributed by atoms with Crippen LogP contribution in [0, 0.1) is 11.3 Å². The number of fused-ring (bicyclic) bond motifs is 1. The fraction of sp³-hybridized carbons (Fsp3) is 0.600. The van der Waals surface area contributed by atoms with Crippen molar-refractivity contribution >= 4 is 5.91 Å². The van der Waals surface area contributed by atoms with Crippen LogP contribution in [0.2, 0.25) is 0 Å². The molecule has 1 spiro atoms. The number of amides is 1. The van der Waals surface area contributed by atoms with Gasteiger partial charge in [0.2, 0.25) is 5.91 Å². The summed E-state index contributed by atoms with van der Waals surface area (Å²) in [6, 6.07) is 10.5. The minimum atomic E-state index is -0.802. The number of nitrogens with zero attached hydrogens (tertiary/aromatic N) is 1. The third-order valence-corrected chi connectivity index (χ3v) is 5.94. The molecule has 1 saturated heterocycles. The molecule has 1 aliphatic heterocycles. The molecule has 1 saturated carbocycles. The minimum Gasteiger partial charge on any atom is -0.348 e.